The topological polar surface area (TPSA) is 119 Å². The van der Waals surface area contributed by atoms with Gasteiger partial charge in [-0.2, -0.15) is 0 Å². The van der Waals surface area contributed by atoms with Crippen LogP contribution in [0.3, 0.4) is 0 Å². The van der Waals surface area contributed by atoms with Crippen molar-refractivity contribution < 1.29 is 19.8 Å². The second kappa shape index (κ2) is 13.4. The van der Waals surface area contributed by atoms with E-state index in [-0.39, 0.29) is 30.5 Å². The van der Waals surface area contributed by atoms with Crippen molar-refractivity contribution in [3.63, 3.8) is 0 Å². The Morgan fingerprint density at radius 2 is 1.91 bits per heavy atom. The van der Waals surface area contributed by atoms with E-state index in [0.29, 0.717) is 40.9 Å². The van der Waals surface area contributed by atoms with Crippen LogP contribution in [0.1, 0.15) is 65.4 Å². The van der Waals surface area contributed by atoms with E-state index in [1.54, 1.807) is 53.1 Å². The lowest BCUT2D eigenvalue weighted by molar-refractivity contribution is -0.139. The van der Waals surface area contributed by atoms with Gasteiger partial charge >= 0.3 is 0 Å². The normalized spacial score (nSPS) is 20.8. The van der Waals surface area contributed by atoms with Gasteiger partial charge in [-0.3, -0.25) is 19.5 Å². The smallest absolute Gasteiger partial charge is 0.279 e. The highest BCUT2D eigenvalue weighted by atomic mass is 16.3. The van der Waals surface area contributed by atoms with Gasteiger partial charge in [0.15, 0.2) is 5.60 Å². The SMILES string of the molecule is CC(C)=CCC/C(C)=C/CN1C(=O)[C@@](O)([C@@H](C)/C=C/CC(=O)N2CCC[C@H]2CO)c2cc(-n3[nH]c4ccccc4c3=O)ccc21. The summed E-state index contributed by atoms with van der Waals surface area (Å²) in [7, 11) is 0. The summed E-state index contributed by atoms with van der Waals surface area (Å²) in [5.74, 6) is -1.21. The number of fused-ring (bicyclic) bond motifs is 2. The standard InChI is InChI=1S/C36H44N4O5/c1-24(2)10-7-11-25(3)19-21-39-32-18-17-27(40-34(43)29-14-5-6-15-31(29)37-40)22-30(32)36(45,35(39)44)26(4)12-8-16-33(42)38-20-9-13-28(38)23-41/h5-6,8,10,12,14-15,17-19,22,26,28,37,41,45H,7,9,11,13,16,20-21,23H2,1-4H3/b12-8+,25-19+/t26-,28-,36+/m0/s1. The molecule has 3 aromatic rings. The molecule has 3 heterocycles. The van der Waals surface area contributed by atoms with E-state index in [0.717, 1.165) is 31.3 Å². The summed E-state index contributed by atoms with van der Waals surface area (Å²) in [6.45, 7) is 8.81. The molecule has 9 nitrogen and oxygen atoms in total. The molecule has 0 saturated carbocycles. The number of aliphatic hydroxyl groups excluding tert-OH is 1. The van der Waals surface area contributed by atoms with E-state index >= 15 is 0 Å². The number of nitrogens with one attached hydrogen (secondary N) is 1. The van der Waals surface area contributed by atoms with Gasteiger partial charge < -0.3 is 20.0 Å². The van der Waals surface area contributed by atoms with E-state index in [4.69, 9.17) is 0 Å². The van der Waals surface area contributed by atoms with Gasteiger partial charge in [0.2, 0.25) is 5.91 Å². The molecule has 0 bridgehead atoms. The minimum absolute atomic E-state index is 0.0581. The maximum Gasteiger partial charge on any atom is 0.279 e. The lowest BCUT2D eigenvalue weighted by Gasteiger charge is -2.28. The highest BCUT2D eigenvalue weighted by Gasteiger charge is 2.52. The number of para-hydroxylation sites is 1. The van der Waals surface area contributed by atoms with Crippen LogP contribution in [0.4, 0.5) is 5.69 Å². The summed E-state index contributed by atoms with van der Waals surface area (Å²) in [6.07, 6.45) is 11.2. The number of amides is 2. The average Bonchev–Trinajstić information content (AvgIpc) is 3.70. The molecule has 1 saturated heterocycles. The third-order valence-electron chi connectivity index (χ3n) is 9.10. The van der Waals surface area contributed by atoms with E-state index < -0.39 is 17.4 Å². The van der Waals surface area contributed by atoms with Crippen LogP contribution in [0.15, 0.2) is 82.7 Å². The number of aromatic amines is 1. The molecule has 3 N–H and O–H groups in total. The Labute approximate surface area is 264 Å². The highest BCUT2D eigenvalue weighted by Crippen LogP contribution is 2.46. The molecule has 238 valence electrons. The third kappa shape index (κ3) is 6.32. The Morgan fingerprint density at radius 1 is 1.13 bits per heavy atom. The Hall–Kier alpha value is -4.21. The molecule has 0 unspecified atom stereocenters. The Kier molecular flexibility index (Phi) is 9.60. The minimum atomic E-state index is -1.91. The zero-order valence-corrected chi connectivity index (χ0v) is 26.6. The number of allylic oxidation sites excluding steroid dienone is 3. The molecule has 2 aromatic carbocycles. The van der Waals surface area contributed by atoms with Gasteiger partial charge in [0.25, 0.3) is 11.5 Å². The Balaban J connectivity index is 1.47. The number of benzene rings is 2. The number of nitrogens with zero attached hydrogens (tertiary/aromatic N) is 3. The quantitative estimate of drug-likeness (QED) is 0.260. The first kappa shape index (κ1) is 32.2. The van der Waals surface area contributed by atoms with Crippen molar-refractivity contribution in [1.82, 2.24) is 14.7 Å². The lowest BCUT2D eigenvalue weighted by Crippen LogP contribution is -2.44. The molecule has 5 rings (SSSR count). The minimum Gasteiger partial charge on any atom is -0.394 e. The average molecular weight is 613 g/mol. The number of aliphatic hydroxyl groups is 2. The summed E-state index contributed by atoms with van der Waals surface area (Å²) < 4.78 is 1.43. The predicted octanol–water partition coefficient (Wildman–Crippen LogP) is 5.11. The maximum atomic E-state index is 14.1. The molecule has 3 atom stereocenters. The molecule has 0 radical (unpaired) electrons. The molecule has 0 aliphatic carbocycles. The summed E-state index contributed by atoms with van der Waals surface area (Å²) in [5.41, 5.74) is 2.47. The van der Waals surface area contributed by atoms with Crippen molar-refractivity contribution in [2.45, 2.75) is 71.4 Å². The zero-order valence-electron chi connectivity index (χ0n) is 26.6. The molecule has 2 aliphatic heterocycles. The molecule has 45 heavy (non-hydrogen) atoms. The molecule has 0 spiro atoms. The second-order valence-corrected chi connectivity index (χ2v) is 12.5. The van der Waals surface area contributed by atoms with Crippen LogP contribution in [0, 0.1) is 5.92 Å². The third-order valence-corrected chi connectivity index (χ3v) is 9.10. The summed E-state index contributed by atoms with van der Waals surface area (Å²) >= 11 is 0. The van der Waals surface area contributed by atoms with Crippen LogP contribution in [0.5, 0.6) is 0 Å². The number of hydrogen-bond acceptors (Lipinski definition) is 5. The van der Waals surface area contributed by atoms with Crippen molar-refractivity contribution in [1.29, 1.82) is 0 Å². The Morgan fingerprint density at radius 3 is 2.64 bits per heavy atom. The monoisotopic (exact) mass is 612 g/mol. The number of rotatable bonds is 11. The number of carbonyl (C=O) groups is 2. The van der Waals surface area contributed by atoms with Gasteiger partial charge in [-0.05, 0) is 76.8 Å². The first-order valence-corrected chi connectivity index (χ1v) is 15.8. The fraction of sp³-hybridized carbons (Fsp3) is 0.417. The fourth-order valence-corrected chi connectivity index (χ4v) is 6.42. The van der Waals surface area contributed by atoms with Crippen molar-refractivity contribution in [2.75, 3.05) is 24.6 Å². The number of H-pyrrole nitrogens is 1. The number of likely N-dealkylation sites (tertiary alicyclic amines) is 1. The van der Waals surface area contributed by atoms with Gasteiger partial charge in [-0.1, -0.05) is 54.5 Å². The number of aromatic nitrogens is 2. The van der Waals surface area contributed by atoms with Crippen LogP contribution in [-0.2, 0) is 15.2 Å². The zero-order chi connectivity index (χ0) is 32.3. The molecule has 1 aromatic heterocycles. The van der Waals surface area contributed by atoms with Crippen molar-refractivity contribution in [2.24, 2.45) is 5.92 Å². The van der Waals surface area contributed by atoms with Crippen molar-refractivity contribution in [3.05, 3.63) is 93.8 Å². The van der Waals surface area contributed by atoms with E-state index in [1.807, 2.05) is 31.2 Å². The van der Waals surface area contributed by atoms with E-state index in [1.165, 1.54) is 10.3 Å². The second-order valence-electron chi connectivity index (χ2n) is 12.5. The van der Waals surface area contributed by atoms with Crippen LogP contribution >= 0.6 is 0 Å². The first-order valence-electron chi connectivity index (χ1n) is 15.8. The van der Waals surface area contributed by atoms with Gasteiger partial charge in [0.1, 0.15) is 0 Å². The van der Waals surface area contributed by atoms with Gasteiger partial charge in [0, 0.05) is 31.0 Å². The van der Waals surface area contributed by atoms with E-state index in [9.17, 15) is 24.6 Å². The van der Waals surface area contributed by atoms with Crippen LogP contribution in [0.2, 0.25) is 0 Å². The summed E-state index contributed by atoms with van der Waals surface area (Å²) in [4.78, 5) is 43.5. The summed E-state index contributed by atoms with van der Waals surface area (Å²) in [5, 5.41) is 25.5. The van der Waals surface area contributed by atoms with Gasteiger partial charge in [-0.25, -0.2) is 4.68 Å². The molecular weight excluding hydrogens is 568 g/mol. The molecule has 2 amide bonds. The fourth-order valence-electron chi connectivity index (χ4n) is 6.42. The van der Waals surface area contributed by atoms with Crippen LogP contribution in [-0.4, -0.2) is 62.4 Å². The number of hydrogen-bond donors (Lipinski definition) is 3. The van der Waals surface area contributed by atoms with Crippen molar-refractivity contribution >= 4 is 28.4 Å². The van der Waals surface area contributed by atoms with Crippen LogP contribution < -0.4 is 10.5 Å². The largest absolute Gasteiger partial charge is 0.394 e. The number of carbonyl (C=O) groups excluding carboxylic acids is 2. The van der Waals surface area contributed by atoms with E-state index in [2.05, 4.69) is 25.0 Å². The lowest BCUT2D eigenvalue weighted by atomic mass is 9.82. The van der Waals surface area contributed by atoms with Gasteiger partial charge in [-0.15, -0.1) is 0 Å². The highest BCUT2D eigenvalue weighted by molar-refractivity contribution is 6.07. The molecule has 9 heteroatoms. The van der Waals surface area contributed by atoms with Crippen LogP contribution in [0.25, 0.3) is 16.6 Å². The van der Waals surface area contributed by atoms with Gasteiger partial charge in [0.05, 0.1) is 34.9 Å². The summed E-state index contributed by atoms with van der Waals surface area (Å²) in [6, 6.07) is 12.4. The first-order chi connectivity index (χ1) is 21.6. The molecule has 2 aliphatic rings. The maximum absolute atomic E-state index is 14.1. The Bertz CT molecular complexity index is 1730. The van der Waals surface area contributed by atoms with Crippen molar-refractivity contribution in [3.8, 4) is 5.69 Å². The molecular formula is C36H44N4O5. The number of anilines is 1. The molecule has 1 fully saturated rings. The predicted molar refractivity (Wildman–Crippen MR) is 177 cm³/mol.